The number of nitrogens with zero attached hydrogens (tertiary/aromatic N) is 2. The molecule has 1 fully saturated rings. The smallest absolute Gasteiger partial charge is 0.303 e. The zero-order chi connectivity index (χ0) is 14.0. The SMILES string of the molecule is COC(c1nc(C)c(CCC(=O)O)c(C)n1)C1CC1. The second kappa shape index (κ2) is 5.65. The summed E-state index contributed by atoms with van der Waals surface area (Å²) >= 11 is 0. The summed E-state index contributed by atoms with van der Waals surface area (Å²) in [7, 11) is 1.69. The molecule has 1 heterocycles. The maximum Gasteiger partial charge on any atom is 0.303 e. The van der Waals surface area contributed by atoms with Crippen LogP contribution in [0.5, 0.6) is 0 Å². The van der Waals surface area contributed by atoms with E-state index in [2.05, 4.69) is 9.97 Å². The molecule has 1 aromatic heterocycles. The highest BCUT2D eigenvalue weighted by atomic mass is 16.5. The third-order valence-corrected chi connectivity index (χ3v) is 3.59. The van der Waals surface area contributed by atoms with Gasteiger partial charge in [-0.3, -0.25) is 4.79 Å². The van der Waals surface area contributed by atoms with Gasteiger partial charge in [-0.1, -0.05) is 0 Å². The van der Waals surface area contributed by atoms with Gasteiger partial charge in [0.05, 0.1) is 0 Å². The van der Waals surface area contributed by atoms with Crippen LogP contribution in [-0.2, 0) is 16.0 Å². The Morgan fingerprint density at radius 1 is 1.37 bits per heavy atom. The molecule has 5 heteroatoms. The Kier molecular flexibility index (Phi) is 4.14. The Bertz CT molecular complexity index is 461. The summed E-state index contributed by atoms with van der Waals surface area (Å²) in [6, 6.07) is 0. The molecule has 104 valence electrons. The van der Waals surface area contributed by atoms with Crippen LogP contribution in [-0.4, -0.2) is 28.2 Å². The second-order valence-corrected chi connectivity index (χ2v) is 5.12. The van der Waals surface area contributed by atoms with Crippen LogP contribution in [0.1, 0.15) is 48.1 Å². The first-order chi connectivity index (χ1) is 9.02. The normalized spacial score (nSPS) is 16.4. The Balaban J connectivity index is 2.22. The van der Waals surface area contributed by atoms with Crippen molar-refractivity contribution in [3.8, 4) is 0 Å². The minimum absolute atomic E-state index is 0.0223. The number of hydrogen-bond acceptors (Lipinski definition) is 4. The fourth-order valence-electron chi connectivity index (χ4n) is 2.39. The van der Waals surface area contributed by atoms with Gasteiger partial charge in [-0.2, -0.15) is 0 Å². The van der Waals surface area contributed by atoms with Gasteiger partial charge in [-0.25, -0.2) is 9.97 Å². The molecule has 0 amide bonds. The molecule has 5 nitrogen and oxygen atoms in total. The molecule has 1 unspecified atom stereocenters. The molecule has 0 aromatic carbocycles. The van der Waals surface area contributed by atoms with E-state index in [9.17, 15) is 4.79 Å². The van der Waals surface area contributed by atoms with Crippen LogP contribution in [0.25, 0.3) is 0 Å². The van der Waals surface area contributed by atoms with Crippen LogP contribution in [0.4, 0.5) is 0 Å². The van der Waals surface area contributed by atoms with Crippen LogP contribution in [0, 0.1) is 19.8 Å². The minimum atomic E-state index is -0.796. The average molecular weight is 264 g/mol. The number of aromatic nitrogens is 2. The third-order valence-electron chi connectivity index (χ3n) is 3.59. The average Bonchev–Trinajstić information content (AvgIpc) is 3.13. The molecule has 1 aliphatic carbocycles. The Morgan fingerprint density at radius 3 is 2.37 bits per heavy atom. The molecular formula is C14H20N2O3. The van der Waals surface area contributed by atoms with Crippen LogP contribution in [0.2, 0.25) is 0 Å². The lowest BCUT2D eigenvalue weighted by Gasteiger charge is -2.16. The van der Waals surface area contributed by atoms with E-state index in [1.165, 1.54) is 12.8 Å². The van der Waals surface area contributed by atoms with E-state index in [0.29, 0.717) is 12.3 Å². The lowest BCUT2D eigenvalue weighted by atomic mass is 10.1. The molecule has 19 heavy (non-hydrogen) atoms. The number of ether oxygens (including phenoxy) is 1. The predicted molar refractivity (Wildman–Crippen MR) is 69.9 cm³/mol. The highest BCUT2D eigenvalue weighted by molar-refractivity contribution is 5.67. The van der Waals surface area contributed by atoms with Crippen LogP contribution < -0.4 is 0 Å². The summed E-state index contributed by atoms with van der Waals surface area (Å²) < 4.78 is 5.49. The van der Waals surface area contributed by atoms with Crippen molar-refractivity contribution in [2.24, 2.45) is 5.92 Å². The molecule has 0 spiro atoms. The molecule has 0 aliphatic heterocycles. The zero-order valence-corrected chi connectivity index (χ0v) is 11.6. The van der Waals surface area contributed by atoms with E-state index < -0.39 is 5.97 Å². The number of carboxylic acid groups (broad SMARTS) is 1. The van der Waals surface area contributed by atoms with Crippen LogP contribution in [0.3, 0.4) is 0 Å². The van der Waals surface area contributed by atoms with Gasteiger partial charge in [0.25, 0.3) is 0 Å². The Labute approximate surface area is 113 Å². The molecule has 1 saturated carbocycles. The lowest BCUT2D eigenvalue weighted by Crippen LogP contribution is -2.13. The second-order valence-electron chi connectivity index (χ2n) is 5.12. The summed E-state index contributed by atoms with van der Waals surface area (Å²) in [5.74, 6) is 0.475. The highest BCUT2D eigenvalue weighted by Gasteiger charge is 2.34. The van der Waals surface area contributed by atoms with Crippen molar-refractivity contribution in [2.75, 3.05) is 7.11 Å². The van der Waals surface area contributed by atoms with E-state index in [4.69, 9.17) is 9.84 Å². The summed E-state index contributed by atoms with van der Waals surface area (Å²) in [5.41, 5.74) is 2.68. The summed E-state index contributed by atoms with van der Waals surface area (Å²) in [6.07, 6.45) is 2.90. The summed E-state index contributed by atoms with van der Waals surface area (Å²) in [4.78, 5) is 19.7. The largest absolute Gasteiger partial charge is 0.481 e. The van der Waals surface area contributed by atoms with E-state index in [-0.39, 0.29) is 12.5 Å². The van der Waals surface area contributed by atoms with Gasteiger partial charge in [-0.15, -0.1) is 0 Å². The molecule has 0 radical (unpaired) electrons. The standard InChI is InChI=1S/C14H20N2O3/c1-8-11(6-7-12(17)18)9(2)16-14(15-8)13(19-3)10-4-5-10/h10,13H,4-7H2,1-3H3,(H,17,18). The molecule has 0 saturated heterocycles. The Morgan fingerprint density at radius 2 is 1.95 bits per heavy atom. The van der Waals surface area contributed by atoms with Gasteiger partial charge in [0.15, 0.2) is 5.82 Å². The van der Waals surface area contributed by atoms with Crippen molar-refractivity contribution in [1.82, 2.24) is 9.97 Å². The number of carboxylic acids is 1. The number of aliphatic carboxylic acids is 1. The maximum atomic E-state index is 10.7. The minimum Gasteiger partial charge on any atom is -0.481 e. The molecular weight excluding hydrogens is 244 g/mol. The molecule has 1 atom stereocenters. The van der Waals surface area contributed by atoms with Crippen LogP contribution >= 0.6 is 0 Å². The third kappa shape index (κ3) is 3.29. The molecule has 2 rings (SSSR count). The fraction of sp³-hybridized carbons (Fsp3) is 0.643. The predicted octanol–water partition coefficient (Wildman–Crippen LogP) is 2.21. The number of hydrogen-bond donors (Lipinski definition) is 1. The fourth-order valence-corrected chi connectivity index (χ4v) is 2.39. The van der Waals surface area contributed by atoms with E-state index in [1.54, 1.807) is 7.11 Å². The van der Waals surface area contributed by atoms with Gasteiger partial charge in [-0.05, 0) is 44.6 Å². The first kappa shape index (κ1) is 13.9. The zero-order valence-electron chi connectivity index (χ0n) is 11.6. The number of aryl methyl sites for hydroxylation is 2. The molecule has 1 aromatic rings. The molecule has 1 aliphatic rings. The topological polar surface area (TPSA) is 72.3 Å². The van der Waals surface area contributed by atoms with E-state index in [0.717, 1.165) is 22.8 Å². The number of rotatable bonds is 6. The van der Waals surface area contributed by atoms with Crippen molar-refractivity contribution >= 4 is 5.97 Å². The number of methoxy groups -OCH3 is 1. The molecule has 0 bridgehead atoms. The first-order valence-corrected chi connectivity index (χ1v) is 6.61. The lowest BCUT2D eigenvalue weighted by molar-refractivity contribution is -0.136. The molecule has 1 N–H and O–H groups in total. The van der Waals surface area contributed by atoms with Gasteiger partial charge in [0, 0.05) is 24.9 Å². The maximum absolute atomic E-state index is 10.7. The monoisotopic (exact) mass is 264 g/mol. The van der Waals surface area contributed by atoms with E-state index in [1.807, 2.05) is 13.8 Å². The van der Waals surface area contributed by atoms with Gasteiger partial charge in [0.2, 0.25) is 0 Å². The van der Waals surface area contributed by atoms with Crippen molar-refractivity contribution in [1.29, 1.82) is 0 Å². The highest BCUT2D eigenvalue weighted by Crippen LogP contribution is 2.42. The van der Waals surface area contributed by atoms with Crippen molar-refractivity contribution < 1.29 is 14.6 Å². The quantitative estimate of drug-likeness (QED) is 0.852. The van der Waals surface area contributed by atoms with Crippen LogP contribution in [0.15, 0.2) is 0 Å². The van der Waals surface area contributed by atoms with Gasteiger partial charge >= 0.3 is 5.97 Å². The van der Waals surface area contributed by atoms with Gasteiger partial charge in [0.1, 0.15) is 6.10 Å². The summed E-state index contributed by atoms with van der Waals surface area (Å²) in [6.45, 7) is 3.82. The van der Waals surface area contributed by atoms with Crippen molar-refractivity contribution in [3.05, 3.63) is 22.8 Å². The first-order valence-electron chi connectivity index (χ1n) is 6.61. The summed E-state index contributed by atoms with van der Waals surface area (Å²) in [5, 5.41) is 8.76. The van der Waals surface area contributed by atoms with Crippen molar-refractivity contribution in [2.45, 2.75) is 45.6 Å². The van der Waals surface area contributed by atoms with E-state index >= 15 is 0 Å². The van der Waals surface area contributed by atoms with Crippen molar-refractivity contribution in [3.63, 3.8) is 0 Å². The van der Waals surface area contributed by atoms with Gasteiger partial charge < -0.3 is 9.84 Å². The Hall–Kier alpha value is -1.49. The number of carbonyl (C=O) groups is 1.